The summed E-state index contributed by atoms with van der Waals surface area (Å²) in [5, 5.41) is 2.17. The van der Waals surface area contributed by atoms with Gasteiger partial charge in [-0.1, -0.05) is 165 Å². The van der Waals surface area contributed by atoms with Crippen molar-refractivity contribution >= 4 is 21.8 Å². The van der Waals surface area contributed by atoms with E-state index in [9.17, 15) is 0 Å². The van der Waals surface area contributed by atoms with Crippen LogP contribution in [0.3, 0.4) is 0 Å². The van der Waals surface area contributed by atoms with Crippen LogP contribution in [0.25, 0.3) is 39.0 Å². The van der Waals surface area contributed by atoms with E-state index in [-0.39, 0.29) is 49.7 Å². The third-order valence-corrected chi connectivity index (χ3v) is 12.6. The first-order valence-corrected chi connectivity index (χ1v) is 21.8. The third kappa shape index (κ3) is 8.39. The number of benzene rings is 6. The minimum Gasteiger partial charge on any atom is -0.510 e. The number of nitrogens with zero attached hydrogens (tertiary/aromatic N) is 4. The molecule has 6 heteroatoms. The Labute approximate surface area is 396 Å². The van der Waals surface area contributed by atoms with E-state index >= 15 is 0 Å². The summed E-state index contributed by atoms with van der Waals surface area (Å²) in [6, 6.07) is 55.3. The molecule has 64 heavy (non-hydrogen) atoms. The number of rotatable bonds is 9. The van der Waals surface area contributed by atoms with Crippen LogP contribution in [-0.4, -0.2) is 14.1 Å². The van der Waals surface area contributed by atoms with Gasteiger partial charge >= 0.3 is 0 Å². The van der Waals surface area contributed by atoms with E-state index in [0.29, 0.717) is 17.2 Å². The summed E-state index contributed by atoms with van der Waals surface area (Å²) in [4.78, 5) is 5.03. The Balaban J connectivity index is 0.00000592. The van der Waals surface area contributed by atoms with Crippen molar-refractivity contribution in [3.63, 3.8) is 0 Å². The molecule has 0 fully saturated rings. The first-order chi connectivity index (χ1) is 30.8. The van der Waals surface area contributed by atoms with E-state index in [1.807, 2.05) is 24.4 Å². The normalized spacial score (nSPS) is 12.8. The number of para-hydroxylation sites is 1. The van der Waals surface area contributed by atoms with Gasteiger partial charge in [-0.2, -0.15) is 12.1 Å². The second kappa shape index (κ2) is 16.8. The van der Waals surface area contributed by atoms with Crippen LogP contribution in [0.15, 0.2) is 158 Å². The molecular formula is C58H56N4OPt-2. The van der Waals surface area contributed by atoms with Crippen molar-refractivity contribution in [1.82, 2.24) is 14.1 Å². The SMILES string of the molecule is [2H]c1c([2H])[n+](-c2cc(C(C)(C)C)cc(C(C)(C)C)c2)[c-]n1-c1[c-]c(Oc2[c-]c3c(c(C(C)(C)c4ccccc4)c2)c2ccccc2n3-c2cc(C(C)(C)c3ccccc3)ccn2)ccc1.[Pt]. The maximum atomic E-state index is 9.12. The van der Waals surface area contributed by atoms with Crippen molar-refractivity contribution in [3.8, 4) is 28.7 Å². The Morgan fingerprint density at radius 1 is 0.594 bits per heavy atom. The van der Waals surface area contributed by atoms with E-state index in [1.54, 1.807) is 9.13 Å². The second-order valence-corrected chi connectivity index (χ2v) is 19.8. The number of hydrogen-bond donors (Lipinski definition) is 0. The zero-order valence-corrected chi connectivity index (χ0v) is 40.6. The molecule has 0 N–H and O–H groups in total. The van der Waals surface area contributed by atoms with Gasteiger partial charge in [0.25, 0.3) is 6.33 Å². The molecule has 5 nitrogen and oxygen atoms in total. The predicted molar refractivity (Wildman–Crippen MR) is 257 cm³/mol. The van der Waals surface area contributed by atoms with E-state index in [2.05, 4.69) is 214 Å². The van der Waals surface area contributed by atoms with Crippen molar-refractivity contribution in [2.24, 2.45) is 0 Å². The standard InChI is InChI=1S/C58H56N4O.Pt/c1-55(2,3)43-32-44(56(4,5)6)34-46(33-43)61-31-30-60(39-61)45-24-19-25-47(36-45)63-48-37-50(58(9,10)41-22-15-12-16-23-41)54-49-26-17-18-27-51(49)62(52(54)38-48)53-35-42(28-29-59-53)57(7,8)40-20-13-11-14-21-40;/h11-35,37H,1-10H3;/q-2;/i30D,31D;. The molecule has 0 aliphatic heterocycles. The summed E-state index contributed by atoms with van der Waals surface area (Å²) in [5.74, 6) is 1.75. The summed E-state index contributed by atoms with van der Waals surface area (Å²) in [7, 11) is 0. The van der Waals surface area contributed by atoms with Gasteiger partial charge in [-0.25, -0.2) is 4.98 Å². The summed E-state index contributed by atoms with van der Waals surface area (Å²) in [6.45, 7) is 22.2. The fourth-order valence-corrected chi connectivity index (χ4v) is 8.57. The minimum atomic E-state index is -0.451. The summed E-state index contributed by atoms with van der Waals surface area (Å²) in [5.41, 5.74) is 9.16. The molecule has 0 bridgehead atoms. The molecule has 326 valence electrons. The molecule has 0 saturated carbocycles. The molecule has 3 heterocycles. The number of imidazole rings is 1. The quantitative estimate of drug-likeness (QED) is 0.107. The molecule has 0 unspecified atom stereocenters. The number of pyridine rings is 1. The maximum absolute atomic E-state index is 9.12. The van der Waals surface area contributed by atoms with Gasteiger partial charge in [-0.15, -0.1) is 29.8 Å². The van der Waals surface area contributed by atoms with Gasteiger partial charge in [0.05, 0.1) is 8.43 Å². The van der Waals surface area contributed by atoms with Crippen LogP contribution < -0.4 is 9.30 Å². The van der Waals surface area contributed by atoms with Crippen molar-refractivity contribution < 1.29 is 33.1 Å². The van der Waals surface area contributed by atoms with Crippen LogP contribution in [0.4, 0.5) is 0 Å². The monoisotopic (exact) mass is 1020 g/mol. The van der Waals surface area contributed by atoms with Crippen LogP contribution in [0.1, 0.15) is 105 Å². The van der Waals surface area contributed by atoms with Crippen LogP contribution in [0, 0.1) is 18.5 Å². The summed E-state index contributed by atoms with van der Waals surface area (Å²) < 4.78 is 30.5. The third-order valence-electron chi connectivity index (χ3n) is 12.6. The van der Waals surface area contributed by atoms with E-state index < -0.39 is 5.41 Å². The number of aromatic nitrogens is 4. The van der Waals surface area contributed by atoms with Gasteiger partial charge in [-0.05, 0) is 85.5 Å². The predicted octanol–water partition coefficient (Wildman–Crippen LogP) is 13.7. The molecule has 3 aromatic heterocycles. The fourth-order valence-electron chi connectivity index (χ4n) is 8.57. The fraction of sp³-hybridized carbons (Fsp3) is 0.241. The van der Waals surface area contributed by atoms with E-state index in [4.69, 9.17) is 12.5 Å². The maximum Gasteiger partial charge on any atom is 0.267 e. The molecule has 0 radical (unpaired) electrons. The Morgan fingerprint density at radius 3 is 1.88 bits per heavy atom. The molecule has 0 amide bonds. The molecule has 0 atom stereocenters. The van der Waals surface area contributed by atoms with Crippen LogP contribution in [0.5, 0.6) is 11.5 Å². The van der Waals surface area contributed by atoms with E-state index in [0.717, 1.165) is 55.6 Å². The first-order valence-electron chi connectivity index (χ1n) is 22.8. The number of fused-ring (bicyclic) bond motifs is 3. The Morgan fingerprint density at radius 2 is 1.22 bits per heavy atom. The molecule has 0 spiro atoms. The Hall–Kier alpha value is -6.03. The Bertz CT molecular complexity index is 3190. The van der Waals surface area contributed by atoms with Crippen LogP contribution >= 0.6 is 0 Å². The average molecular weight is 1020 g/mol. The van der Waals surface area contributed by atoms with Gasteiger partial charge in [0.1, 0.15) is 5.82 Å². The number of hydrogen-bond acceptors (Lipinski definition) is 2. The van der Waals surface area contributed by atoms with Crippen LogP contribution in [0.2, 0.25) is 0 Å². The van der Waals surface area contributed by atoms with Gasteiger partial charge < -0.3 is 13.9 Å². The summed E-state index contributed by atoms with van der Waals surface area (Å²) >= 11 is 0. The van der Waals surface area contributed by atoms with Crippen molar-refractivity contribution in [2.75, 3.05) is 0 Å². The first kappa shape index (κ1) is 41.9. The molecule has 9 rings (SSSR count). The van der Waals surface area contributed by atoms with Crippen molar-refractivity contribution in [2.45, 2.75) is 90.9 Å². The Kier molecular flexibility index (Phi) is 11.0. The molecule has 0 aliphatic rings. The zero-order valence-electron chi connectivity index (χ0n) is 40.4. The topological polar surface area (TPSA) is 35.9 Å². The van der Waals surface area contributed by atoms with E-state index in [1.165, 1.54) is 11.1 Å². The van der Waals surface area contributed by atoms with Gasteiger partial charge in [-0.3, -0.25) is 4.57 Å². The average Bonchev–Trinajstić information content (AvgIpc) is 3.78. The van der Waals surface area contributed by atoms with Gasteiger partial charge in [0.2, 0.25) is 0 Å². The molecule has 6 aromatic carbocycles. The van der Waals surface area contributed by atoms with Gasteiger partial charge in [0.15, 0.2) is 0 Å². The molecule has 0 aliphatic carbocycles. The smallest absolute Gasteiger partial charge is 0.267 e. The zero-order chi connectivity index (χ0) is 46.1. The van der Waals surface area contributed by atoms with Crippen molar-refractivity contribution in [3.05, 3.63) is 210 Å². The summed E-state index contributed by atoms with van der Waals surface area (Å²) in [6.07, 6.45) is 5.25. The van der Waals surface area contributed by atoms with Crippen molar-refractivity contribution in [1.29, 1.82) is 0 Å². The molecule has 0 saturated heterocycles. The number of ether oxygens (including phenoxy) is 1. The largest absolute Gasteiger partial charge is 0.510 e. The molecular weight excluding hydrogens is 964 g/mol. The second-order valence-electron chi connectivity index (χ2n) is 19.8. The minimum absolute atomic E-state index is 0. The van der Waals surface area contributed by atoms with Gasteiger partial charge in [0, 0.05) is 62.0 Å². The molecule has 9 aromatic rings. The van der Waals surface area contributed by atoms with Crippen LogP contribution in [-0.2, 0) is 42.7 Å².